The maximum atomic E-state index is 10.2. The van der Waals surface area contributed by atoms with Crippen molar-refractivity contribution in [2.75, 3.05) is 19.6 Å². The molecule has 11 heteroatoms. The van der Waals surface area contributed by atoms with Gasteiger partial charge in [0.2, 0.25) is 0 Å². The zero-order valence-corrected chi connectivity index (χ0v) is 27.8. The van der Waals surface area contributed by atoms with Gasteiger partial charge in [0.25, 0.3) is 0 Å². The van der Waals surface area contributed by atoms with E-state index in [2.05, 4.69) is 20.8 Å². The fourth-order valence-electron chi connectivity index (χ4n) is 3.31. The molecule has 0 amide bonds. The molecule has 0 aromatic heterocycles. The summed E-state index contributed by atoms with van der Waals surface area (Å²) in [5.41, 5.74) is 11.5. The van der Waals surface area contributed by atoms with Crippen molar-refractivity contribution in [1.29, 1.82) is 0 Å². The van der Waals surface area contributed by atoms with E-state index in [0.717, 1.165) is 11.4 Å². The number of hydrogen-bond donors (Lipinski definition) is 1. The second kappa shape index (κ2) is 24.0. The summed E-state index contributed by atoms with van der Waals surface area (Å²) in [4.78, 5) is 22.8. The van der Waals surface area contributed by atoms with Crippen LogP contribution in [0.4, 0.5) is 11.4 Å². The normalized spacial score (nSPS) is 9.12. The Labute approximate surface area is 279 Å². The predicted molar refractivity (Wildman–Crippen MR) is 164 cm³/mol. The third-order valence-corrected chi connectivity index (χ3v) is 6.43. The Kier molecular flexibility index (Phi) is 23.2. The van der Waals surface area contributed by atoms with E-state index in [-0.39, 0.29) is 37.7 Å². The zero-order chi connectivity index (χ0) is 30.6. The Morgan fingerprint density at radius 3 is 1.12 bits per heavy atom. The molecule has 4 rings (SSSR count). The number of aromatic carboxylic acids is 2. The van der Waals surface area contributed by atoms with Crippen molar-refractivity contribution in [3.63, 3.8) is 0 Å². The first kappa shape index (κ1) is 41.6. The number of benzene rings is 4. The number of carbonyl (C=O) groups is 2. The van der Waals surface area contributed by atoms with Gasteiger partial charge in [-0.3, -0.25) is 0 Å². The summed E-state index contributed by atoms with van der Waals surface area (Å²) in [7, 11) is 0. The molecule has 0 bridgehead atoms. The second-order valence-corrected chi connectivity index (χ2v) is 9.24. The van der Waals surface area contributed by atoms with E-state index >= 15 is 0 Å². The largest absolute Gasteiger partial charge is 2.00 e. The van der Waals surface area contributed by atoms with Crippen molar-refractivity contribution in [1.82, 2.24) is 4.70 Å². The van der Waals surface area contributed by atoms with E-state index in [0.29, 0.717) is 9.79 Å². The minimum Gasteiger partial charge on any atom is -2.00 e. The van der Waals surface area contributed by atoms with Crippen LogP contribution >= 0.6 is 0 Å². The van der Waals surface area contributed by atoms with E-state index in [9.17, 15) is 25.3 Å². The molecule has 0 heterocycles. The molecule has 4 aromatic rings. The molecule has 0 fully saturated rings. The van der Waals surface area contributed by atoms with Crippen LogP contribution in [0.3, 0.4) is 0 Å². The number of hydrogen-bond acceptors (Lipinski definition) is 6. The quantitative estimate of drug-likeness (QED) is 0.136. The summed E-state index contributed by atoms with van der Waals surface area (Å²) in [6.07, 6.45) is 0. The molecule has 8 nitrogen and oxygen atoms in total. The Morgan fingerprint density at radius 1 is 0.628 bits per heavy atom. The van der Waals surface area contributed by atoms with Crippen LogP contribution in [0.2, 0.25) is 0 Å². The van der Waals surface area contributed by atoms with Crippen LogP contribution in [0.25, 0.3) is 5.53 Å². The van der Waals surface area contributed by atoms with Crippen molar-refractivity contribution < 1.29 is 51.2 Å². The number of para-hydroxylation sites is 2. The van der Waals surface area contributed by atoms with E-state index < -0.39 is 11.9 Å². The van der Waals surface area contributed by atoms with Crippen molar-refractivity contribution in [3.05, 3.63) is 126 Å². The van der Waals surface area contributed by atoms with Crippen LogP contribution in [0.1, 0.15) is 41.5 Å². The van der Waals surface area contributed by atoms with E-state index in [4.69, 9.17) is 25.3 Å². The molecule has 1 N–H and O–H groups in total. The molecule has 43 heavy (non-hydrogen) atoms. The standard InChI is InChI=1S/C12H10N2.2C7H6O2S.C6H15N.Mo.O/c13-14(11-7-3-1-4-8-11)12-9-5-2-6-10-12;2*8-7(9)5-3-1-2-4-6(5)10;1-4-7(5-2)6-3;;/h1-10H;2*1-4,10H,(H,8,9);4-6H2,1-3H3;;/q;;;;;-2/p-3. The van der Waals surface area contributed by atoms with Gasteiger partial charge in [-0.2, -0.15) is 9.79 Å². The number of nitrogens with one attached hydrogen (secondary N) is 1. The monoisotopic (exact) mass is 702 g/mol. The van der Waals surface area contributed by atoms with Gasteiger partial charge in [0.1, 0.15) is 0 Å². The van der Waals surface area contributed by atoms with Crippen LogP contribution in [0.15, 0.2) is 119 Å². The van der Waals surface area contributed by atoms with E-state index in [1.54, 1.807) is 41.3 Å². The molecule has 0 aliphatic rings. The number of carboxylic acid groups (broad SMARTS) is 2. The Balaban J connectivity index is 0. The summed E-state index contributed by atoms with van der Waals surface area (Å²) in [5, 5.41) is 20.5. The third kappa shape index (κ3) is 16.0. The molecular formula is C32H34MoN3O5S2-5. The zero-order valence-electron chi connectivity index (χ0n) is 24.2. The molecule has 0 radical (unpaired) electrons. The summed E-state index contributed by atoms with van der Waals surface area (Å²) in [5.74, 6) is -2.43. The molecule has 0 atom stereocenters. The predicted octanol–water partition coefficient (Wildman–Crippen LogP) is 3.26. The number of rotatable bonds is 7. The maximum absolute atomic E-state index is 10.2. The topological polar surface area (TPSA) is 139 Å². The first-order valence-corrected chi connectivity index (χ1v) is 13.8. The van der Waals surface area contributed by atoms with E-state index in [1.807, 2.05) is 60.7 Å². The molecule has 0 aliphatic carbocycles. The minimum absolute atomic E-state index is 0. The Bertz CT molecular complexity index is 1260. The van der Waals surface area contributed by atoms with Crippen LogP contribution in [-0.4, -0.2) is 31.6 Å². The molecular weight excluding hydrogens is 666 g/mol. The smallest absolute Gasteiger partial charge is 0.199 e. The number of carbonyl (C=O) groups excluding carboxylic acids is 2. The molecule has 230 valence electrons. The molecule has 0 saturated carbocycles. The Hall–Kier alpha value is -3.53. The first-order valence-electron chi connectivity index (χ1n) is 13.0. The SMILES string of the molecule is CC[NH+](CC)CC.O=C([O-])c1ccccc1[S-].O=C([O-])c1ccccc1[S-].[Mo].[N-]=[N+](c1ccccc1)c1ccccc1.[O-2]. The molecule has 0 saturated heterocycles. The van der Waals surface area contributed by atoms with Gasteiger partial charge in [0, 0.05) is 45.3 Å². The minimum atomic E-state index is -1.22. The fraction of sp³-hybridized carbons (Fsp3) is 0.188. The van der Waals surface area contributed by atoms with Gasteiger partial charge in [0.05, 0.1) is 31.6 Å². The molecule has 0 spiro atoms. The van der Waals surface area contributed by atoms with E-state index in [1.165, 1.54) is 36.5 Å². The van der Waals surface area contributed by atoms with Crippen molar-refractivity contribution in [2.45, 2.75) is 30.6 Å². The number of quaternary nitrogens is 1. The summed E-state index contributed by atoms with van der Waals surface area (Å²) in [6.45, 7) is 10.5. The molecule has 0 unspecified atom stereocenters. The average Bonchev–Trinajstić information content (AvgIpc) is 3.00. The summed E-state index contributed by atoms with van der Waals surface area (Å²) >= 11 is 9.41. The van der Waals surface area contributed by atoms with Crippen molar-refractivity contribution in [3.8, 4) is 0 Å². The van der Waals surface area contributed by atoms with Crippen LogP contribution in [0, 0.1) is 0 Å². The number of nitrogens with zero attached hydrogens (tertiary/aromatic N) is 2. The van der Waals surface area contributed by atoms with Crippen LogP contribution in [-0.2, 0) is 51.8 Å². The number of carboxylic acids is 2. The third-order valence-electron chi connectivity index (χ3n) is 5.72. The fourth-order valence-corrected chi connectivity index (χ4v) is 3.77. The van der Waals surface area contributed by atoms with Gasteiger partial charge in [-0.25, -0.2) is 4.70 Å². The van der Waals surface area contributed by atoms with Gasteiger partial charge >= 0.3 is 0 Å². The van der Waals surface area contributed by atoms with Crippen molar-refractivity contribution in [2.24, 2.45) is 0 Å². The van der Waals surface area contributed by atoms with Crippen LogP contribution in [0.5, 0.6) is 0 Å². The molecule has 0 aliphatic heterocycles. The summed E-state index contributed by atoms with van der Waals surface area (Å²) in [6, 6.07) is 31.4. The maximum Gasteiger partial charge on any atom is 0.199 e. The Morgan fingerprint density at radius 2 is 0.907 bits per heavy atom. The average molecular weight is 701 g/mol. The molecule has 4 aromatic carbocycles. The van der Waals surface area contributed by atoms with Gasteiger partial charge in [-0.05, 0) is 31.9 Å². The summed E-state index contributed by atoms with van der Waals surface area (Å²) < 4.78 is 1.17. The second-order valence-electron chi connectivity index (χ2n) is 8.36. The van der Waals surface area contributed by atoms with Crippen LogP contribution < -0.4 is 19.8 Å². The van der Waals surface area contributed by atoms with Gasteiger partial charge in [0.15, 0.2) is 11.4 Å². The van der Waals surface area contributed by atoms with Crippen molar-refractivity contribution >= 4 is 48.6 Å². The van der Waals surface area contributed by atoms with Gasteiger partial charge < -0.3 is 61.0 Å². The van der Waals surface area contributed by atoms with Gasteiger partial charge in [-0.1, -0.05) is 84.9 Å². The first-order chi connectivity index (χ1) is 19.7. The van der Waals surface area contributed by atoms with Gasteiger partial charge in [-0.15, -0.1) is 0 Å².